The number of thioether (sulfide) groups is 1. The lowest BCUT2D eigenvalue weighted by atomic mass is 10.1. The summed E-state index contributed by atoms with van der Waals surface area (Å²) in [6.45, 7) is 0. The maximum Gasteiger partial charge on any atom is 0.194 e. The van der Waals surface area contributed by atoms with Crippen molar-refractivity contribution in [3.8, 4) is 17.2 Å². The fourth-order valence-electron chi connectivity index (χ4n) is 2.28. The lowest BCUT2D eigenvalue weighted by Crippen LogP contribution is -2.24. The molecule has 23 heavy (non-hydrogen) atoms. The van der Waals surface area contributed by atoms with Crippen LogP contribution in [0.1, 0.15) is 11.7 Å². The molecule has 4 nitrogen and oxygen atoms in total. The Kier molecular flexibility index (Phi) is 4.83. The number of rotatable bonds is 4. The smallest absolute Gasteiger partial charge is 0.194 e. The van der Waals surface area contributed by atoms with Gasteiger partial charge in [-0.1, -0.05) is 11.8 Å². The molecule has 0 fully saturated rings. The minimum absolute atomic E-state index is 0.135. The van der Waals surface area contributed by atoms with Gasteiger partial charge in [-0.15, -0.1) is 9.24 Å². The lowest BCUT2D eigenvalue weighted by molar-refractivity contribution is 0.0724. The molecule has 8 heteroatoms. The summed E-state index contributed by atoms with van der Waals surface area (Å²) in [4.78, 5) is 4.72. The first kappa shape index (κ1) is 17.0. The van der Waals surface area contributed by atoms with Crippen LogP contribution in [0.25, 0.3) is 0 Å². The van der Waals surface area contributed by atoms with Crippen LogP contribution in [0.15, 0.2) is 40.0 Å². The minimum Gasteiger partial charge on any atom is -0.495 e. The van der Waals surface area contributed by atoms with Gasteiger partial charge in [0, 0.05) is 22.7 Å². The summed E-state index contributed by atoms with van der Waals surface area (Å²) in [5.41, 5.74) is 0.508. The summed E-state index contributed by atoms with van der Waals surface area (Å²) in [6, 6.07) is 5.18. The van der Waals surface area contributed by atoms with Crippen molar-refractivity contribution in [3.05, 3.63) is 40.6 Å². The van der Waals surface area contributed by atoms with Gasteiger partial charge in [-0.3, -0.25) is 4.98 Å². The van der Waals surface area contributed by atoms with E-state index in [1.807, 2.05) is 0 Å². The lowest BCUT2D eigenvalue weighted by Gasteiger charge is -2.20. The average molecular weight is 418 g/mol. The van der Waals surface area contributed by atoms with Crippen molar-refractivity contribution in [1.82, 2.24) is 4.98 Å². The Bertz CT molecular complexity index is 751. The molecular formula is C15H14BrFNO3PS. The summed E-state index contributed by atoms with van der Waals surface area (Å²) in [5, 5.41) is 8.58. The van der Waals surface area contributed by atoms with E-state index in [0.29, 0.717) is 32.2 Å². The Morgan fingerprint density at radius 2 is 2.17 bits per heavy atom. The van der Waals surface area contributed by atoms with Crippen LogP contribution >= 0.6 is 36.9 Å². The Labute approximate surface area is 148 Å². The Morgan fingerprint density at radius 3 is 2.87 bits per heavy atom. The molecule has 0 saturated heterocycles. The summed E-state index contributed by atoms with van der Waals surface area (Å²) >= 11 is 4.45. The third-order valence-corrected chi connectivity index (χ3v) is 6.51. The van der Waals surface area contributed by atoms with Crippen LogP contribution in [-0.2, 0) is 0 Å². The van der Waals surface area contributed by atoms with Gasteiger partial charge in [0.2, 0.25) is 0 Å². The van der Waals surface area contributed by atoms with Gasteiger partial charge in [-0.25, -0.2) is 4.39 Å². The first-order valence-corrected chi connectivity index (χ1v) is 9.16. The number of benzene rings is 1. The SMILES string of the molecule is COc1cncc(Oc2ccc3c(c2Br)C(O)C(F)(CP)S3)c1. The number of hydrogen-bond donors (Lipinski definition) is 1. The highest BCUT2D eigenvalue weighted by Crippen LogP contribution is 2.57. The van der Waals surface area contributed by atoms with E-state index in [-0.39, 0.29) is 6.16 Å². The average Bonchev–Trinajstić information content (AvgIpc) is 2.83. The Balaban J connectivity index is 1.95. The molecule has 1 aromatic carbocycles. The van der Waals surface area contributed by atoms with E-state index in [2.05, 4.69) is 30.2 Å². The number of aromatic nitrogens is 1. The van der Waals surface area contributed by atoms with Crippen molar-refractivity contribution >= 4 is 36.9 Å². The fourth-order valence-corrected chi connectivity index (χ4v) is 4.66. The molecule has 0 radical (unpaired) electrons. The number of ether oxygens (including phenoxy) is 2. The molecule has 3 rings (SSSR count). The Hall–Kier alpha value is -0.880. The molecule has 3 unspecified atom stereocenters. The molecule has 1 aliphatic heterocycles. The molecule has 122 valence electrons. The number of nitrogens with zero attached hydrogens (tertiary/aromatic N) is 1. The first-order valence-electron chi connectivity index (χ1n) is 6.74. The van der Waals surface area contributed by atoms with E-state index in [1.165, 1.54) is 0 Å². The highest BCUT2D eigenvalue weighted by Gasteiger charge is 2.47. The fraction of sp³-hybridized carbons (Fsp3) is 0.267. The maximum absolute atomic E-state index is 14.7. The van der Waals surface area contributed by atoms with Crippen molar-refractivity contribution in [1.29, 1.82) is 0 Å². The molecule has 2 aromatic rings. The van der Waals surface area contributed by atoms with Crippen molar-refractivity contribution in [3.63, 3.8) is 0 Å². The van der Waals surface area contributed by atoms with Gasteiger partial charge in [-0.05, 0) is 28.1 Å². The molecule has 0 bridgehead atoms. The predicted molar refractivity (Wildman–Crippen MR) is 94.2 cm³/mol. The normalized spacial score (nSPS) is 22.7. The van der Waals surface area contributed by atoms with Gasteiger partial charge < -0.3 is 14.6 Å². The second kappa shape index (κ2) is 6.55. The van der Waals surface area contributed by atoms with E-state index in [9.17, 15) is 9.50 Å². The van der Waals surface area contributed by atoms with Crippen molar-refractivity contribution in [2.45, 2.75) is 16.0 Å². The van der Waals surface area contributed by atoms with Gasteiger partial charge >= 0.3 is 0 Å². The molecule has 0 aliphatic carbocycles. The quantitative estimate of drug-likeness (QED) is 0.750. The number of alkyl halides is 1. The molecule has 0 spiro atoms. The van der Waals surface area contributed by atoms with Gasteiger partial charge in [0.25, 0.3) is 0 Å². The number of hydrogen-bond acceptors (Lipinski definition) is 5. The van der Waals surface area contributed by atoms with Crippen LogP contribution in [0, 0.1) is 0 Å². The number of aliphatic hydroxyl groups is 1. The number of methoxy groups -OCH3 is 1. The van der Waals surface area contributed by atoms with Gasteiger partial charge in [-0.2, -0.15) is 0 Å². The van der Waals surface area contributed by atoms with E-state index < -0.39 is 11.1 Å². The molecule has 1 aromatic heterocycles. The molecule has 3 atom stereocenters. The zero-order valence-electron chi connectivity index (χ0n) is 12.1. The first-order chi connectivity index (χ1) is 11.0. The van der Waals surface area contributed by atoms with E-state index in [0.717, 1.165) is 11.8 Å². The zero-order chi connectivity index (χ0) is 16.6. The van der Waals surface area contributed by atoms with E-state index in [1.54, 1.807) is 37.7 Å². The number of pyridine rings is 1. The molecule has 1 aliphatic rings. The van der Waals surface area contributed by atoms with Crippen LogP contribution in [0.2, 0.25) is 0 Å². The van der Waals surface area contributed by atoms with Gasteiger partial charge in [0.15, 0.2) is 5.00 Å². The zero-order valence-corrected chi connectivity index (χ0v) is 15.7. The topological polar surface area (TPSA) is 51.6 Å². The minimum atomic E-state index is -1.74. The number of aliphatic hydroxyl groups excluding tert-OH is 1. The van der Waals surface area contributed by atoms with Crippen molar-refractivity contribution in [2.24, 2.45) is 0 Å². The molecule has 2 heterocycles. The van der Waals surface area contributed by atoms with E-state index >= 15 is 0 Å². The summed E-state index contributed by atoms with van der Waals surface area (Å²) in [6.07, 6.45) is 2.04. The van der Waals surface area contributed by atoms with Crippen LogP contribution in [-0.4, -0.2) is 28.4 Å². The highest BCUT2D eigenvalue weighted by atomic mass is 79.9. The second-order valence-corrected chi connectivity index (χ2v) is 7.47. The molecule has 0 amide bonds. The number of halogens is 2. The van der Waals surface area contributed by atoms with Crippen molar-refractivity contribution in [2.75, 3.05) is 13.3 Å². The molecule has 1 N–H and O–H groups in total. The number of fused-ring (bicyclic) bond motifs is 1. The monoisotopic (exact) mass is 417 g/mol. The van der Waals surface area contributed by atoms with Crippen LogP contribution in [0.3, 0.4) is 0 Å². The largest absolute Gasteiger partial charge is 0.495 e. The standard InChI is InChI=1S/C15H14BrFNO3PS/c1-20-8-4-9(6-18-5-8)21-10-2-3-11-12(13(10)16)14(19)15(17,7-22)23-11/h2-6,14,19H,7,22H2,1H3. The summed E-state index contributed by atoms with van der Waals surface area (Å²) in [5.74, 6) is 1.54. The molecular weight excluding hydrogens is 404 g/mol. The molecule has 0 saturated carbocycles. The second-order valence-electron chi connectivity index (χ2n) is 4.95. The van der Waals surface area contributed by atoms with Gasteiger partial charge in [0.05, 0.1) is 24.0 Å². The third kappa shape index (κ3) is 3.07. The van der Waals surface area contributed by atoms with E-state index in [4.69, 9.17) is 9.47 Å². The van der Waals surface area contributed by atoms with Crippen LogP contribution in [0.5, 0.6) is 17.2 Å². The predicted octanol–water partition coefficient (Wildman–Crippen LogP) is 4.33. The van der Waals surface area contributed by atoms with Crippen LogP contribution in [0.4, 0.5) is 4.39 Å². The summed E-state index contributed by atoms with van der Waals surface area (Å²) in [7, 11) is 3.89. The summed E-state index contributed by atoms with van der Waals surface area (Å²) < 4.78 is 26.1. The van der Waals surface area contributed by atoms with Crippen molar-refractivity contribution < 1.29 is 19.0 Å². The maximum atomic E-state index is 14.7. The highest BCUT2D eigenvalue weighted by molar-refractivity contribution is 9.10. The van der Waals surface area contributed by atoms with Crippen LogP contribution < -0.4 is 9.47 Å². The van der Waals surface area contributed by atoms with Gasteiger partial charge in [0.1, 0.15) is 23.4 Å². The Morgan fingerprint density at radius 1 is 1.43 bits per heavy atom. The third-order valence-electron chi connectivity index (χ3n) is 3.50.